The SMILES string of the molecule is Cc1ccc(C(=O)N2CCC[C@@H](C(=O)O)C2)c(Br)c1. The van der Waals surface area contributed by atoms with Crippen LogP contribution in [0.2, 0.25) is 0 Å². The molecular formula is C14H16BrNO3. The van der Waals surface area contributed by atoms with Crippen LogP contribution in [0.15, 0.2) is 22.7 Å². The number of carboxylic acid groups (broad SMARTS) is 1. The van der Waals surface area contributed by atoms with E-state index in [2.05, 4.69) is 15.9 Å². The van der Waals surface area contributed by atoms with Gasteiger partial charge >= 0.3 is 5.97 Å². The number of halogens is 1. The first-order chi connectivity index (χ1) is 8.99. The van der Waals surface area contributed by atoms with Gasteiger partial charge in [0.05, 0.1) is 11.5 Å². The third kappa shape index (κ3) is 3.15. The Balaban J connectivity index is 2.17. The number of rotatable bonds is 2. The van der Waals surface area contributed by atoms with E-state index < -0.39 is 11.9 Å². The van der Waals surface area contributed by atoms with Crippen molar-refractivity contribution in [3.63, 3.8) is 0 Å². The van der Waals surface area contributed by atoms with Gasteiger partial charge in [-0.3, -0.25) is 9.59 Å². The minimum Gasteiger partial charge on any atom is -0.481 e. The molecule has 19 heavy (non-hydrogen) atoms. The Morgan fingerprint density at radius 2 is 2.16 bits per heavy atom. The van der Waals surface area contributed by atoms with Crippen molar-refractivity contribution in [2.45, 2.75) is 19.8 Å². The van der Waals surface area contributed by atoms with Crippen molar-refractivity contribution in [1.29, 1.82) is 0 Å². The minimum absolute atomic E-state index is 0.0992. The summed E-state index contributed by atoms with van der Waals surface area (Å²) in [6, 6.07) is 5.56. The largest absolute Gasteiger partial charge is 0.481 e. The van der Waals surface area contributed by atoms with E-state index in [0.717, 1.165) is 16.5 Å². The highest BCUT2D eigenvalue weighted by molar-refractivity contribution is 9.10. The first kappa shape index (κ1) is 14.1. The molecule has 0 aliphatic carbocycles. The van der Waals surface area contributed by atoms with Gasteiger partial charge in [-0.15, -0.1) is 0 Å². The lowest BCUT2D eigenvalue weighted by Crippen LogP contribution is -2.42. The van der Waals surface area contributed by atoms with Gasteiger partial charge in [-0.1, -0.05) is 6.07 Å². The first-order valence-corrected chi connectivity index (χ1v) is 7.06. The predicted molar refractivity (Wildman–Crippen MR) is 75.1 cm³/mol. The fourth-order valence-electron chi connectivity index (χ4n) is 2.33. The molecule has 1 aliphatic heterocycles. The number of amides is 1. The highest BCUT2D eigenvalue weighted by Crippen LogP contribution is 2.23. The molecule has 1 fully saturated rings. The number of hydrogen-bond acceptors (Lipinski definition) is 2. The number of likely N-dealkylation sites (tertiary alicyclic amines) is 1. The summed E-state index contributed by atoms with van der Waals surface area (Å²) in [5.74, 6) is -1.36. The number of carbonyl (C=O) groups excluding carboxylic acids is 1. The predicted octanol–water partition coefficient (Wildman–Crippen LogP) is 2.69. The molecule has 102 valence electrons. The van der Waals surface area contributed by atoms with Crippen molar-refractivity contribution in [2.24, 2.45) is 5.92 Å². The fraction of sp³-hybridized carbons (Fsp3) is 0.429. The number of benzene rings is 1. The number of piperidine rings is 1. The van der Waals surface area contributed by atoms with E-state index >= 15 is 0 Å². The topological polar surface area (TPSA) is 57.6 Å². The molecule has 1 saturated heterocycles. The van der Waals surface area contributed by atoms with E-state index in [0.29, 0.717) is 25.1 Å². The lowest BCUT2D eigenvalue weighted by atomic mass is 9.97. The maximum Gasteiger partial charge on any atom is 0.308 e. The summed E-state index contributed by atoms with van der Waals surface area (Å²) in [4.78, 5) is 25.1. The maximum atomic E-state index is 12.4. The van der Waals surface area contributed by atoms with Crippen LogP contribution in [-0.4, -0.2) is 35.0 Å². The molecule has 1 N–H and O–H groups in total. The molecule has 1 amide bonds. The number of carboxylic acids is 1. The molecule has 2 rings (SSSR count). The van der Waals surface area contributed by atoms with Gasteiger partial charge in [0, 0.05) is 17.6 Å². The zero-order valence-electron chi connectivity index (χ0n) is 10.7. The highest BCUT2D eigenvalue weighted by atomic mass is 79.9. The quantitative estimate of drug-likeness (QED) is 0.909. The molecule has 1 aromatic carbocycles. The van der Waals surface area contributed by atoms with Crippen LogP contribution >= 0.6 is 15.9 Å². The smallest absolute Gasteiger partial charge is 0.308 e. The van der Waals surface area contributed by atoms with Gasteiger partial charge in [0.15, 0.2) is 0 Å². The van der Waals surface area contributed by atoms with E-state index in [1.807, 2.05) is 19.1 Å². The average Bonchev–Trinajstić information content (AvgIpc) is 2.38. The molecule has 0 saturated carbocycles. The summed E-state index contributed by atoms with van der Waals surface area (Å²) >= 11 is 3.39. The van der Waals surface area contributed by atoms with Gasteiger partial charge in [-0.05, 0) is 53.4 Å². The van der Waals surface area contributed by atoms with Crippen molar-refractivity contribution in [1.82, 2.24) is 4.90 Å². The molecule has 5 heteroatoms. The van der Waals surface area contributed by atoms with Gasteiger partial charge in [0.1, 0.15) is 0 Å². The van der Waals surface area contributed by atoms with Crippen LogP contribution in [-0.2, 0) is 4.79 Å². The van der Waals surface area contributed by atoms with E-state index in [4.69, 9.17) is 5.11 Å². The van der Waals surface area contributed by atoms with Gasteiger partial charge in [-0.2, -0.15) is 0 Å². The van der Waals surface area contributed by atoms with Gasteiger partial charge in [0.2, 0.25) is 0 Å². The molecule has 0 aromatic heterocycles. The summed E-state index contributed by atoms with van der Waals surface area (Å²) in [6.07, 6.45) is 1.39. The molecule has 0 radical (unpaired) electrons. The molecule has 1 heterocycles. The molecule has 0 unspecified atom stereocenters. The first-order valence-electron chi connectivity index (χ1n) is 6.27. The van der Waals surface area contributed by atoms with Gasteiger partial charge < -0.3 is 10.0 Å². The van der Waals surface area contributed by atoms with Crippen molar-refractivity contribution in [3.8, 4) is 0 Å². The standard InChI is InChI=1S/C14H16BrNO3/c1-9-4-5-11(12(15)7-9)13(17)16-6-2-3-10(8-16)14(18)19/h4-5,7,10H,2-3,6,8H2,1H3,(H,18,19)/t10-/m1/s1. The summed E-state index contributed by atoms with van der Waals surface area (Å²) in [7, 11) is 0. The second-order valence-corrected chi connectivity index (χ2v) is 5.77. The Hall–Kier alpha value is -1.36. The van der Waals surface area contributed by atoms with Crippen LogP contribution in [0.5, 0.6) is 0 Å². The van der Waals surface area contributed by atoms with E-state index in [9.17, 15) is 9.59 Å². The lowest BCUT2D eigenvalue weighted by Gasteiger charge is -2.31. The van der Waals surface area contributed by atoms with Gasteiger partial charge in [0.25, 0.3) is 5.91 Å². The molecule has 1 aromatic rings. The van der Waals surface area contributed by atoms with Crippen LogP contribution in [0.25, 0.3) is 0 Å². The summed E-state index contributed by atoms with van der Waals surface area (Å²) < 4.78 is 0.759. The summed E-state index contributed by atoms with van der Waals surface area (Å²) in [6.45, 7) is 2.89. The molecule has 4 nitrogen and oxygen atoms in total. The summed E-state index contributed by atoms with van der Waals surface area (Å²) in [5, 5.41) is 9.05. The van der Waals surface area contributed by atoms with Crippen molar-refractivity contribution in [2.75, 3.05) is 13.1 Å². The van der Waals surface area contributed by atoms with Crippen molar-refractivity contribution >= 4 is 27.8 Å². The molecule has 1 atom stereocenters. The Morgan fingerprint density at radius 3 is 2.79 bits per heavy atom. The number of carbonyl (C=O) groups is 2. The Bertz CT molecular complexity index is 515. The van der Waals surface area contributed by atoms with Crippen LogP contribution in [0.4, 0.5) is 0 Å². The van der Waals surface area contributed by atoms with E-state index in [1.54, 1.807) is 11.0 Å². The molecule has 0 bridgehead atoms. The zero-order chi connectivity index (χ0) is 14.0. The summed E-state index contributed by atoms with van der Waals surface area (Å²) in [5.41, 5.74) is 1.67. The molecular weight excluding hydrogens is 310 g/mol. The number of nitrogens with zero attached hydrogens (tertiary/aromatic N) is 1. The van der Waals surface area contributed by atoms with Crippen LogP contribution in [0, 0.1) is 12.8 Å². The van der Waals surface area contributed by atoms with Crippen LogP contribution < -0.4 is 0 Å². The van der Waals surface area contributed by atoms with E-state index in [1.165, 1.54) is 0 Å². The zero-order valence-corrected chi connectivity index (χ0v) is 12.3. The Kier molecular flexibility index (Phi) is 4.24. The number of hydrogen-bond donors (Lipinski definition) is 1. The maximum absolute atomic E-state index is 12.4. The monoisotopic (exact) mass is 325 g/mol. The van der Waals surface area contributed by atoms with E-state index in [-0.39, 0.29) is 5.91 Å². The minimum atomic E-state index is -0.819. The third-order valence-corrected chi connectivity index (χ3v) is 4.07. The van der Waals surface area contributed by atoms with Crippen molar-refractivity contribution in [3.05, 3.63) is 33.8 Å². The molecule has 1 aliphatic rings. The van der Waals surface area contributed by atoms with Crippen LogP contribution in [0.1, 0.15) is 28.8 Å². The normalized spacial score (nSPS) is 19.3. The second-order valence-electron chi connectivity index (χ2n) is 4.91. The fourth-order valence-corrected chi connectivity index (χ4v) is 2.99. The van der Waals surface area contributed by atoms with Gasteiger partial charge in [-0.25, -0.2) is 0 Å². The van der Waals surface area contributed by atoms with Crippen LogP contribution in [0.3, 0.4) is 0 Å². The second kappa shape index (κ2) is 5.74. The third-order valence-electron chi connectivity index (χ3n) is 3.41. The number of aliphatic carboxylic acids is 1. The highest BCUT2D eigenvalue weighted by Gasteiger charge is 2.29. The Morgan fingerprint density at radius 1 is 1.42 bits per heavy atom. The Labute approximate surface area is 120 Å². The van der Waals surface area contributed by atoms with Crippen molar-refractivity contribution < 1.29 is 14.7 Å². The molecule has 0 spiro atoms. The average molecular weight is 326 g/mol. The number of aryl methyl sites for hydroxylation is 1. The lowest BCUT2D eigenvalue weighted by molar-refractivity contribution is -0.143.